The quantitative estimate of drug-likeness (QED) is 0.519. The molecule has 174 valence electrons. The number of hydrogen-bond acceptors (Lipinski definition) is 4. The smallest absolute Gasteiger partial charge is 0.235 e. The van der Waals surface area contributed by atoms with Crippen molar-refractivity contribution < 1.29 is 14.4 Å². The van der Waals surface area contributed by atoms with Gasteiger partial charge in [-0.2, -0.15) is 0 Å². The van der Waals surface area contributed by atoms with Crippen molar-refractivity contribution in [2.24, 2.45) is 5.16 Å². The fourth-order valence-electron chi connectivity index (χ4n) is 4.43. The maximum Gasteiger partial charge on any atom is 0.235 e. The van der Waals surface area contributed by atoms with Crippen molar-refractivity contribution in [2.45, 2.75) is 31.3 Å². The lowest BCUT2D eigenvalue weighted by Crippen LogP contribution is -2.41. The molecule has 3 aromatic carbocycles. The first-order valence-electron chi connectivity index (χ1n) is 11.5. The molecule has 1 saturated heterocycles. The molecule has 1 fully saturated rings. The Balaban J connectivity index is 1.55. The minimum Gasteiger partial charge on any atom is -0.399 e. The van der Waals surface area contributed by atoms with Gasteiger partial charge in [0.05, 0.1) is 18.2 Å². The van der Waals surface area contributed by atoms with Gasteiger partial charge in [0.2, 0.25) is 11.8 Å². The Labute approximate surface area is 200 Å². The van der Waals surface area contributed by atoms with Crippen LogP contribution in [0.4, 0.5) is 0 Å². The van der Waals surface area contributed by atoms with Crippen LogP contribution in [0.5, 0.6) is 0 Å². The normalized spacial score (nSPS) is 16.6. The molecule has 3 aromatic rings. The fraction of sp³-hybridized carbons (Fsp3) is 0.250. The molecular weight excluding hydrogens is 426 g/mol. The second-order valence-corrected chi connectivity index (χ2v) is 8.39. The molecule has 34 heavy (non-hydrogen) atoms. The number of rotatable bonds is 8. The van der Waals surface area contributed by atoms with Crippen LogP contribution in [0.1, 0.15) is 35.4 Å². The van der Waals surface area contributed by atoms with Crippen LogP contribution < -0.4 is 5.32 Å². The molecule has 0 aromatic heterocycles. The summed E-state index contributed by atoms with van der Waals surface area (Å²) >= 11 is 0. The zero-order valence-electron chi connectivity index (χ0n) is 19.3. The highest BCUT2D eigenvalue weighted by Gasteiger charge is 2.38. The maximum atomic E-state index is 14.0. The lowest BCUT2D eigenvalue weighted by Gasteiger charge is -2.29. The molecule has 0 radical (unpaired) electrons. The van der Waals surface area contributed by atoms with Crippen molar-refractivity contribution in [1.82, 2.24) is 10.2 Å². The predicted molar refractivity (Wildman–Crippen MR) is 132 cm³/mol. The highest BCUT2D eigenvalue weighted by Crippen LogP contribution is 2.30. The van der Waals surface area contributed by atoms with E-state index in [9.17, 15) is 9.59 Å². The van der Waals surface area contributed by atoms with Crippen LogP contribution in [0, 0.1) is 0 Å². The van der Waals surface area contributed by atoms with E-state index in [1.807, 2.05) is 91.0 Å². The van der Waals surface area contributed by atoms with Crippen LogP contribution in [0.3, 0.4) is 0 Å². The van der Waals surface area contributed by atoms with Gasteiger partial charge in [0.15, 0.2) is 0 Å². The number of carbonyl (C=O) groups excluding carboxylic acids is 2. The van der Waals surface area contributed by atoms with E-state index >= 15 is 0 Å². The van der Waals surface area contributed by atoms with Gasteiger partial charge in [0.25, 0.3) is 0 Å². The molecule has 1 atom stereocenters. The highest BCUT2D eigenvalue weighted by molar-refractivity contribution is 5.97. The van der Waals surface area contributed by atoms with Gasteiger partial charge in [-0.1, -0.05) is 96.2 Å². The predicted octanol–water partition coefficient (Wildman–Crippen LogP) is 4.13. The van der Waals surface area contributed by atoms with Gasteiger partial charge in [-0.3, -0.25) is 9.59 Å². The third kappa shape index (κ3) is 5.70. The minimum atomic E-state index is -0.459. The van der Waals surface area contributed by atoms with Crippen LogP contribution in [0.15, 0.2) is 96.2 Å². The molecule has 1 aliphatic heterocycles. The van der Waals surface area contributed by atoms with Crippen molar-refractivity contribution in [3.05, 3.63) is 108 Å². The first-order valence-corrected chi connectivity index (χ1v) is 11.5. The van der Waals surface area contributed by atoms with E-state index < -0.39 is 5.92 Å². The van der Waals surface area contributed by atoms with Crippen LogP contribution in [0.2, 0.25) is 0 Å². The second-order valence-electron chi connectivity index (χ2n) is 8.39. The average molecular weight is 456 g/mol. The van der Waals surface area contributed by atoms with Gasteiger partial charge in [0, 0.05) is 25.4 Å². The Morgan fingerprint density at radius 3 is 2.06 bits per heavy atom. The standard InChI is InChI=1S/C28H29N3O3/c1-34-30-24-17-25(18-26(32)29-19-21-11-5-2-6-12-21)31(20-24)28(33)27(22-13-7-3-8-14-22)23-15-9-4-10-16-23/h2-16,25,27H,17-20H2,1H3,(H,29,32)/t25-/m0/s1. The van der Waals surface area contributed by atoms with Gasteiger partial charge in [-0.25, -0.2) is 0 Å². The van der Waals surface area contributed by atoms with E-state index in [-0.39, 0.29) is 24.3 Å². The zero-order chi connectivity index (χ0) is 23.8. The van der Waals surface area contributed by atoms with Crippen molar-refractivity contribution in [3.63, 3.8) is 0 Å². The van der Waals surface area contributed by atoms with E-state index in [1.165, 1.54) is 7.11 Å². The lowest BCUT2D eigenvalue weighted by molar-refractivity contribution is -0.133. The van der Waals surface area contributed by atoms with Crippen molar-refractivity contribution in [2.75, 3.05) is 13.7 Å². The summed E-state index contributed by atoms with van der Waals surface area (Å²) in [5.41, 5.74) is 3.63. The molecule has 1 N–H and O–H groups in total. The van der Waals surface area contributed by atoms with E-state index in [2.05, 4.69) is 10.5 Å². The molecule has 1 aliphatic rings. The summed E-state index contributed by atoms with van der Waals surface area (Å²) in [6.07, 6.45) is 0.715. The third-order valence-electron chi connectivity index (χ3n) is 6.03. The number of hydrogen-bond donors (Lipinski definition) is 1. The lowest BCUT2D eigenvalue weighted by atomic mass is 9.89. The topological polar surface area (TPSA) is 71.0 Å². The zero-order valence-corrected chi connectivity index (χ0v) is 19.3. The Kier molecular flexibility index (Phi) is 7.71. The highest BCUT2D eigenvalue weighted by atomic mass is 16.6. The van der Waals surface area contributed by atoms with Gasteiger partial charge >= 0.3 is 0 Å². The minimum absolute atomic E-state index is 0.0421. The Hall–Kier alpha value is -3.93. The molecule has 2 amide bonds. The van der Waals surface area contributed by atoms with Crippen LogP contribution in [-0.4, -0.2) is 42.1 Å². The molecular formula is C28H29N3O3. The van der Waals surface area contributed by atoms with Crippen molar-refractivity contribution in [1.29, 1.82) is 0 Å². The van der Waals surface area contributed by atoms with Crippen LogP contribution in [-0.2, 0) is 21.0 Å². The van der Waals surface area contributed by atoms with Crippen LogP contribution in [0.25, 0.3) is 0 Å². The monoisotopic (exact) mass is 455 g/mol. The number of benzene rings is 3. The summed E-state index contributed by atoms with van der Waals surface area (Å²) in [5, 5.41) is 7.08. The number of oxime groups is 1. The van der Waals surface area contributed by atoms with Crippen LogP contribution >= 0.6 is 0 Å². The Morgan fingerprint density at radius 2 is 1.50 bits per heavy atom. The number of nitrogens with one attached hydrogen (secondary N) is 1. The molecule has 0 saturated carbocycles. The molecule has 4 rings (SSSR count). The number of likely N-dealkylation sites (tertiary alicyclic amines) is 1. The molecule has 6 heteroatoms. The largest absolute Gasteiger partial charge is 0.399 e. The Morgan fingerprint density at radius 1 is 0.941 bits per heavy atom. The summed E-state index contributed by atoms with van der Waals surface area (Å²) in [7, 11) is 1.50. The first-order chi connectivity index (χ1) is 16.7. The fourth-order valence-corrected chi connectivity index (χ4v) is 4.43. The summed E-state index contributed by atoms with van der Waals surface area (Å²) in [6.45, 7) is 0.801. The first kappa shape index (κ1) is 23.2. The van der Waals surface area contributed by atoms with Crippen molar-refractivity contribution in [3.8, 4) is 0 Å². The van der Waals surface area contributed by atoms with E-state index in [0.717, 1.165) is 22.4 Å². The van der Waals surface area contributed by atoms with E-state index in [1.54, 1.807) is 4.90 Å². The van der Waals surface area contributed by atoms with E-state index in [0.29, 0.717) is 19.5 Å². The average Bonchev–Trinajstić information content (AvgIpc) is 3.27. The molecule has 6 nitrogen and oxygen atoms in total. The number of amides is 2. The SMILES string of the molecule is CON=C1C[C@@H](CC(=O)NCc2ccccc2)N(C(=O)C(c2ccccc2)c2ccccc2)C1. The molecule has 1 heterocycles. The molecule has 0 spiro atoms. The van der Waals surface area contributed by atoms with Gasteiger partial charge in [-0.15, -0.1) is 0 Å². The summed E-state index contributed by atoms with van der Waals surface area (Å²) in [4.78, 5) is 33.5. The molecule has 0 unspecified atom stereocenters. The van der Waals surface area contributed by atoms with Gasteiger partial charge in [-0.05, 0) is 16.7 Å². The van der Waals surface area contributed by atoms with Crippen molar-refractivity contribution >= 4 is 17.5 Å². The van der Waals surface area contributed by atoms with Gasteiger partial charge in [0.1, 0.15) is 7.11 Å². The summed E-state index contributed by atoms with van der Waals surface area (Å²) < 4.78 is 0. The Bertz CT molecular complexity index is 1080. The molecule has 0 aliphatic carbocycles. The molecule has 0 bridgehead atoms. The number of nitrogens with zero attached hydrogens (tertiary/aromatic N) is 2. The summed E-state index contributed by atoms with van der Waals surface area (Å²) in [6, 6.07) is 29.0. The maximum absolute atomic E-state index is 14.0. The van der Waals surface area contributed by atoms with Gasteiger partial charge < -0.3 is 15.1 Å². The summed E-state index contributed by atoms with van der Waals surface area (Å²) in [5.74, 6) is -0.597. The van der Waals surface area contributed by atoms with E-state index in [4.69, 9.17) is 4.84 Å². The second kappa shape index (κ2) is 11.3. The third-order valence-corrected chi connectivity index (χ3v) is 6.03. The number of carbonyl (C=O) groups is 2.